The maximum atomic E-state index is 4.51. The van der Waals surface area contributed by atoms with E-state index in [9.17, 15) is 0 Å². The molecule has 0 aliphatic heterocycles. The van der Waals surface area contributed by atoms with E-state index in [0.29, 0.717) is 0 Å². The highest BCUT2D eigenvalue weighted by Gasteiger charge is 2.10. The number of fused-ring (bicyclic) bond motifs is 6. The number of rotatable bonds is 0. The first-order chi connectivity index (χ1) is 9.90. The first-order valence-electron chi connectivity index (χ1n) is 6.58. The number of benzene rings is 2. The van der Waals surface area contributed by atoms with Crippen molar-refractivity contribution in [3.8, 4) is 0 Å². The molecule has 0 aliphatic rings. The predicted octanol–water partition coefficient (Wildman–Crippen LogP) is 5.08. The maximum absolute atomic E-state index is 4.51. The van der Waals surface area contributed by atoms with Crippen LogP contribution in [0.4, 0.5) is 0 Å². The van der Waals surface area contributed by atoms with Gasteiger partial charge in [-0.25, -0.2) is 0 Å². The van der Waals surface area contributed by atoms with E-state index < -0.39 is 0 Å². The van der Waals surface area contributed by atoms with Gasteiger partial charge in [0.15, 0.2) is 0 Å². The molecule has 0 bridgehead atoms. The molecule has 0 saturated heterocycles. The monoisotopic (exact) mass is 274 g/mol. The second-order valence-corrected chi connectivity index (χ2v) is 6.10. The van der Waals surface area contributed by atoms with Crippen LogP contribution in [-0.2, 0) is 0 Å². The van der Waals surface area contributed by atoms with E-state index in [4.69, 9.17) is 0 Å². The minimum absolute atomic E-state index is 1.06. The van der Waals surface area contributed by atoms with Crippen LogP contribution in [0.25, 0.3) is 42.1 Å². The predicted molar refractivity (Wildman–Crippen MR) is 86.5 cm³/mol. The first-order valence-corrected chi connectivity index (χ1v) is 7.39. The highest BCUT2D eigenvalue weighted by Crippen LogP contribution is 2.37. The van der Waals surface area contributed by atoms with Crippen molar-refractivity contribution in [3.05, 3.63) is 54.7 Å². The third-order valence-electron chi connectivity index (χ3n) is 3.85. The van der Waals surface area contributed by atoms with E-state index in [1.54, 1.807) is 0 Å². The summed E-state index contributed by atoms with van der Waals surface area (Å²) in [5, 5.41) is 3.86. The molecule has 20 heavy (non-hydrogen) atoms. The zero-order valence-corrected chi connectivity index (χ0v) is 11.4. The number of nitrogens with one attached hydrogen (secondary N) is 1. The number of nitrogens with zero attached hydrogens (tertiary/aromatic N) is 1. The summed E-state index contributed by atoms with van der Waals surface area (Å²) in [7, 11) is 0. The van der Waals surface area contributed by atoms with Crippen LogP contribution in [0.3, 0.4) is 0 Å². The fourth-order valence-electron chi connectivity index (χ4n) is 2.94. The van der Waals surface area contributed by atoms with Crippen molar-refractivity contribution in [1.82, 2.24) is 9.97 Å². The van der Waals surface area contributed by atoms with Crippen LogP contribution in [0, 0.1) is 0 Å². The SMILES string of the molecule is c1cnc2c(c1)[nH]c1cc3sc4ccccc4c3cc12. The van der Waals surface area contributed by atoms with Gasteiger partial charge in [-0.15, -0.1) is 11.3 Å². The van der Waals surface area contributed by atoms with Gasteiger partial charge in [0.25, 0.3) is 0 Å². The minimum atomic E-state index is 1.06. The van der Waals surface area contributed by atoms with Crippen LogP contribution in [0.15, 0.2) is 54.7 Å². The van der Waals surface area contributed by atoms with Gasteiger partial charge in [0.2, 0.25) is 0 Å². The normalized spacial score (nSPS) is 12.0. The molecule has 0 unspecified atom stereocenters. The average molecular weight is 274 g/mol. The van der Waals surface area contributed by atoms with E-state index in [2.05, 4.69) is 52.4 Å². The van der Waals surface area contributed by atoms with E-state index in [1.165, 1.54) is 25.6 Å². The molecule has 0 saturated carbocycles. The molecule has 5 rings (SSSR count). The van der Waals surface area contributed by atoms with Crippen LogP contribution in [0.2, 0.25) is 0 Å². The zero-order chi connectivity index (χ0) is 13.1. The van der Waals surface area contributed by atoms with Crippen molar-refractivity contribution in [2.24, 2.45) is 0 Å². The number of hydrogen-bond acceptors (Lipinski definition) is 2. The number of H-pyrrole nitrogens is 1. The molecule has 1 N–H and O–H groups in total. The Hall–Kier alpha value is -2.39. The molecule has 0 spiro atoms. The Bertz CT molecular complexity index is 1020. The molecule has 3 aromatic heterocycles. The molecular formula is C17H10N2S. The van der Waals surface area contributed by atoms with Gasteiger partial charge in [-0.3, -0.25) is 4.98 Å². The van der Waals surface area contributed by atoms with Crippen molar-refractivity contribution in [2.75, 3.05) is 0 Å². The Morgan fingerprint density at radius 2 is 1.75 bits per heavy atom. The highest BCUT2D eigenvalue weighted by atomic mass is 32.1. The van der Waals surface area contributed by atoms with Gasteiger partial charge < -0.3 is 4.98 Å². The summed E-state index contributed by atoms with van der Waals surface area (Å²) in [6.07, 6.45) is 1.85. The standard InChI is InChI=1S/C17H10N2S/c1-2-6-15-10(4-1)11-8-12-14(9-16(11)20-15)19-13-5-3-7-18-17(12)13/h1-9,19H. The van der Waals surface area contributed by atoms with Gasteiger partial charge in [0.1, 0.15) is 0 Å². The van der Waals surface area contributed by atoms with E-state index in [0.717, 1.165) is 16.6 Å². The molecule has 3 heteroatoms. The summed E-state index contributed by atoms with van der Waals surface area (Å²) in [5.41, 5.74) is 3.32. The number of aromatic nitrogens is 2. The lowest BCUT2D eigenvalue weighted by Crippen LogP contribution is -1.72. The van der Waals surface area contributed by atoms with E-state index in [1.807, 2.05) is 23.6 Å². The Morgan fingerprint density at radius 3 is 2.75 bits per heavy atom. The summed E-state index contributed by atoms with van der Waals surface area (Å²) in [6.45, 7) is 0. The first kappa shape index (κ1) is 10.4. The Labute approximate surface area is 118 Å². The topological polar surface area (TPSA) is 28.7 Å². The lowest BCUT2D eigenvalue weighted by atomic mass is 10.1. The summed E-state index contributed by atoms with van der Waals surface area (Å²) < 4.78 is 2.66. The van der Waals surface area contributed by atoms with Gasteiger partial charge in [-0.1, -0.05) is 18.2 Å². The van der Waals surface area contributed by atoms with Crippen LogP contribution in [0.5, 0.6) is 0 Å². The number of thiophene rings is 1. The minimum Gasteiger partial charge on any atom is -0.353 e. The quantitative estimate of drug-likeness (QED) is 0.419. The van der Waals surface area contributed by atoms with Crippen molar-refractivity contribution in [2.45, 2.75) is 0 Å². The Balaban J connectivity index is 2.06. The zero-order valence-electron chi connectivity index (χ0n) is 10.6. The fraction of sp³-hybridized carbons (Fsp3) is 0. The second-order valence-electron chi connectivity index (χ2n) is 5.02. The Morgan fingerprint density at radius 1 is 0.800 bits per heavy atom. The molecular weight excluding hydrogens is 264 g/mol. The van der Waals surface area contributed by atoms with Gasteiger partial charge in [-0.05, 0) is 30.3 Å². The smallest absolute Gasteiger partial charge is 0.0957 e. The Kier molecular flexibility index (Phi) is 1.86. The molecule has 2 aromatic carbocycles. The average Bonchev–Trinajstić information content (AvgIpc) is 3.02. The van der Waals surface area contributed by atoms with E-state index >= 15 is 0 Å². The molecule has 0 atom stereocenters. The molecule has 0 amide bonds. The largest absolute Gasteiger partial charge is 0.353 e. The summed E-state index contributed by atoms with van der Waals surface area (Å²) >= 11 is 1.85. The van der Waals surface area contributed by atoms with Gasteiger partial charge in [0, 0.05) is 37.3 Å². The number of pyridine rings is 1. The second kappa shape index (κ2) is 3.58. The van der Waals surface area contributed by atoms with Crippen LogP contribution in [-0.4, -0.2) is 9.97 Å². The summed E-state index contributed by atoms with van der Waals surface area (Å²) in [5.74, 6) is 0. The number of aromatic amines is 1. The van der Waals surface area contributed by atoms with Gasteiger partial charge in [0.05, 0.1) is 11.0 Å². The summed E-state index contributed by atoms with van der Waals surface area (Å²) in [4.78, 5) is 7.97. The molecule has 0 fully saturated rings. The third-order valence-corrected chi connectivity index (χ3v) is 4.98. The van der Waals surface area contributed by atoms with Crippen LogP contribution in [0.1, 0.15) is 0 Å². The lowest BCUT2D eigenvalue weighted by molar-refractivity contribution is 1.42. The fourth-order valence-corrected chi connectivity index (χ4v) is 4.06. The highest BCUT2D eigenvalue weighted by molar-refractivity contribution is 7.25. The van der Waals surface area contributed by atoms with Crippen molar-refractivity contribution < 1.29 is 0 Å². The third kappa shape index (κ3) is 1.25. The van der Waals surface area contributed by atoms with E-state index in [-0.39, 0.29) is 0 Å². The molecule has 2 nitrogen and oxygen atoms in total. The lowest BCUT2D eigenvalue weighted by Gasteiger charge is -1.93. The van der Waals surface area contributed by atoms with Gasteiger partial charge >= 0.3 is 0 Å². The number of hydrogen-bond donors (Lipinski definition) is 1. The molecule has 3 heterocycles. The van der Waals surface area contributed by atoms with Crippen molar-refractivity contribution in [1.29, 1.82) is 0 Å². The molecule has 5 aromatic rings. The summed E-state index contributed by atoms with van der Waals surface area (Å²) in [6, 6.07) is 17.1. The molecule has 0 radical (unpaired) electrons. The van der Waals surface area contributed by atoms with Crippen molar-refractivity contribution >= 4 is 53.4 Å². The molecule has 94 valence electrons. The van der Waals surface area contributed by atoms with Crippen molar-refractivity contribution in [3.63, 3.8) is 0 Å². The van der Waals surface area contributed by atoms with Crippen LogP contribution < -0.4 is 0 Å². The van der Waals surface area contributed by atoms with Crippen LogP contribution >= 0.6 is 11.3 Å². The van der Waals surface area contributed by atoms with Gasteiger partial charge in [-0.2, -0.15) is 0 Å². The molecule has 0 aliphatic carbocycles. The maximum Gasteiger partial charge on any atom is 0.0957 e.